The van der Waals surface area contributed by atoms with Crippen molar-refractivity contribution in [1.29, 1.82) is 0 Å². The minimum Gasteiger partial charge on any atom is -0.494 e. The molecule has 9 heteroatoms. The maximum atomic E-state index is 6.11. The van der Waals surface area contributed by atoms with Crippen molar-refractivity contribution in [3.8, 4) is 22.8 Å². The lowest BCUT2D eigenvalue weighted by atomic mass is 10.0. The molecule has 4 aromatic rings. The quantitative estimate of drug-likeness (QED) is 0.161. The van der Waals surface area contributed by atoms with Gasteiger partial charge in [-0.3, -0.25) is 0 Å². The number of benzene rings is 3. The van der Waals surface area contributed by atoms with Crippen LogP contribution in [-0.2, 0) is 6.73 Å². The van der Waals surface area contributed by atoms with Gasteiger partial charge in [-0.15, -0.1) is 5.10 Å². The topological polar surface area (TPSA) is 62.1 Å². The van der Waals surface area contributed by atoms with Crippen LogP contribution in [0.3, 0.4) is 0 Å². The molecule has 1 aliphatic carbocycles. The maximum absolute atomic E-state index is 6.11. The molecule has 0 saturated heterocycles. The Hall–Kier alpha value is -4.40. The van der Waals surface area contributed by atoms with Gasteiger partial charge in [0.25, 0.3) is 0 Å². The van der Waals surface area contributed by atoms with Crippen LogP contribution in [0.25, 0.3) is 11.3 Å². The molecule has 9 nitrogen and oxygen atoms in total. The van der Waals surface area contributed by atoms with E-state index in [0.29, 0.717) is 49.8 Å². The summed E-state index contributed by atoms with van der Waals surface area (Å²) < 4.78 is 13.5. The van der Waals surface area contributed by atoms with Crippen LogP contribution in [0, 0.1) is 0 Å². The summed E-state index contributed by atoms with van der Waals surface area (Å²) in [4.78, 5) is 9.86. The Morgan fingerprint density at radius 1 is 0.596 bits per heavy atom. The zero-order chi connectivity index (χ0) is 37.5. The highest BCUT2D eigenvalue weighted by atomic mass is 16.5. The summed E-state index contributed by atoms with van der Waals surface area (Å²) in [6.07, 6.45) is 8.48. The number of ether oxygens (including phenoxy) is 2. The summed E-state index contributed by atoms with van der Waals surface area (Å²) in [5, 5.41) is 8.25. The van der Waals surface area contributed by atoms with Crippen molar-refractivity contribution in [3.63, 3.8) is 0 Å². The summed E-state index contributed by atoms with van der Waals surface area (Å²) >= 11 is 0. The van der Waals surface area contributed by atoms with Gasteiger partial charge in [0.1, 0.15) is 11.5 Å². The fraction of sp³-hybridized carbons (Fsp3) is 0.535. The van der Waals surface area contributed by atoms with Crippen LogP contribution in [0.2, 0.25) is 0 Å². The summed E-state index contributed by atoms with van der Waals surface area (Å²) in [5.41, 5.74) is 7.11. The van der Waals surface area contributed by atoms with Gasteiger partial charge >= 0.3 is 0 Å². The number of hydrogen-bond acceptors (Lipinski definition) is 8. The zero-order valence-corrected chi connectivity index (χ0v) is 33.6. The second kappa shape index (κ2) is 17.4. The Labute approximate surface area is 313 Å². The molecule has 1 aromatic heterocycles. The molecular formula is C43H63N7O2. The maximum Gasteiger partial charge on any atom is 0.183 e. The Kier molecular flexibility index (Phi) is 13.0. The van der Waals surface area contributed by atoms with Crippen molar-refractivity contribution < 1.29 is 9.47 Å². The molecular weight excluding hydrogens is 647 g/mol. The van der Waals surface area contributed by atoms with Crippen molar-refractivity contribution in [2.24, 2.45) is 0 Å². The minimum atomic E-state index is 0.314. The third kappa shape index (κ3) is 8.45. The fourth-order valence-electron chi connectivity index (χ4n) is 7.69. The Balaban J connectivity index is 0.000000194. The van der Waals surface area contributed by atoms with Gasteiger partial charge in [0.15, 0.2) is 6.73 Å². The van der Waals surface area contributed by atoms with E-state index in [1.165, 1.54) is 48.4 Å². The molecule has 7 rings (SSSR count). The summed E-state index contributed by atoms with van der Waals surface area (Å²) in [6, 6.07) is 24.7. The summed E-state index contributed by atoms with van der Waals surface area (Å²) in [7, 11) is 0. The molecule has 0 bridgehead atoms. The predicted octanol–water partition coefficient (Wildman–Crippen LogP) is 10.2. The zero-order valence-electron chi connectivity index (χ0n) is 33.6. The number of fused-ring (bicyclic) bond motifs is 2. The van der Waals surface area contributed by atoms with Crippen LogP contribution in [0.5, 0.6) is 11.5 Å². The lowest BCUT2D eigenvalue weighted by molar-refractivity contribution is 0.220. The van der Waals surface area contributed by atoms with Gasteiger partial charge in [-0.1, -0.05) is 61.2 Å². The summed E-state index contributed by atoms with van der Waals surface area (Å²) in [6.45, 7) is 25.5. The lowest BCUT2D eigenvalue weighted by Crippen LogP contribution is -2.47. The Morgan fingerprint density at radius 2 is 1.04 bits per heavy atom. The van der Waals surface area contributed by atoms with Gasteiger partial charge in [-0.25, -0.2) is 4.68 Å². The largest absolute Gasteiger partial charge is 0.494 e. The smallest absolute Gasteiger partial charge is 0.183 e. The molecule has 1 fully saturated rings. The first-order valence-electron chi connectivity index (χ1n) is 19.5. The van der Waals surface area contributed by atoms with Crippen LogP contribution >= 0.6 is 0 Å². The molecule has 3 aromatic carbocycles. The van der Waals surface area contributed by atoms with E-state index in [9.17, 15) is 0 Å². The Bertz CT molecular complexity index is 1690. The van der Waals surface area contributed by atoms with Crippen molar-refractivity contribution in [1.82, 2.24) is 15.0 Å². The van der Waals surface area contributed by atoms with Gasteiger partial charge < -0.3 is 29.1 Å². The molecule has 0 N–H and O–H groups in total. The molecule has 0 radical (unpaired) electrons. The number of aromatic nitrogens is 3. The molecule has 3 heterocycles. The normalized spacial score (nSPS) is 17.5. The highest BCUT2D eigenvalue weighted by Crippen LogP contribution is 2.45. The van der Waals surface area contributed by atoms with Crippen LogP contribution in [0.4, 0.5) is 22.7 Å². The van der Waals surface area contributed by atoms with Gasteiger partial charge in [0, 0.05) is 41.9 Å². The molecule has 0 spiro atoms. The standard InChI is InChI=1S/C23H29N5O.C16H26N2O.C4H8/c1-16(2)27-18(5)28(17(3)4)22-13-20(11-12-21(22)27)29-15-26-23(14-24-25-26)19-9-7-6-8-10-19;1-7-19-14-8-9-15-16(10-14)18(12(4)5)13(6)17(15)11(2)3;1-2-4-3-1/h6-14,16-18H,15H2,1-5H3;8-13H,7H2,1-6H3;1-4H2. The first-order chi connectivity index (χ1) is 24.9. The second-order valence-electron chi connectivity index (χ2n) is 15.2. The van der Waals surface area contributed by atoms with E-state index in [4.69, 9.17) is 9.47 Å². The lowest BCUT2D eigenvalue weighted by Gasteiger charge is -2.35. The van der Waals surface area contributed by atoms with Crippen molar-refractivity contribution >= 4 is 22.7 Å². The van der Waals surface area contributed by atoms with Crippen LogP contribution in [0.1, 0.15) is 102 Å². The van der Waals surface area contributed by atoms with E-state index >= 15 is 0 Å². The molecule has 2 atom stereocenters. The fourth-order valence-corrected chi connectivity index (χ4v) is 7.69. The predicted molar refractivity (Wildman–Crippen MR) is 218 cm³/mol. The number of nitrogens with zero attached hydrogens (tertiary/aromatic N) is 7. The van der Waals surface area contributed by atoms with Gasteiger partial charge in [-0.05, 0) is 100 Å². The molecule has 1 saturated carbocycles. The van der Waals surface area contributed by atoms with Crippen LogP contribution in [0.15, 0.2) is 72.9 Å². The molecule has 2 aliphatic heterocycles. The molecule has 282 valence electrons. The van der Waals surface area contributed by atoms with Gasteiger partial charge in [0.05, 0.1) is 53.6 Å². The van der Waals surface area contributed by atoms with Crippen LogP contribution in [-0.4, -0.2) is 58.1 Å². The van der Waals surface area contributed by atoms with Gasteiger partial charge in [0.2, 0.25) is 0 Å². The number of hydrogen-bond donors (Lipinski definition) is 0. The van der Waals surface area contributed by atoms with Crippen molar-refractivity contribution in [2.45, 2.75) is 145 Å². The van der Waals surface area contributed by atoms with E-state index in [1.807, 2.05) is 43.3 Å². The average molecular weight is 710 g/mol. The van der Waals surface area contributed by atoms with E-state index in [-0.39, 0.29) is 0 Å². The van der Waals surface area contributed by atoms with E-state index in [1.54, 1.807) is 10.9 Å². The SMILES string of the molecule is C1CCC1.CC(C)N1c2ccc(OCn3nncc3-c3ccccc3)cc2N(C(C)C)C1C.CCOc1ccc2c(c1)N(C(C)C)C(C)N2C(C)C. The van der Waals surface area contributed by atoms with E-state index in [2.05, 4.69) is 129 Å². The highest BCUT2D eigenvalue weighted by molar-refractivity contribution is 5.80. The monoisotopic (exact) mass is 710 g/mol. The number of anilines is 4. The molecule has 52 heavy (non-hydrogen) atoms. The van der Waals surface area contributed by atoms with Crippen LogP contribution < -0.4 is 29.1 Å². The van der Waals surface area contributed by atoms with Gasteiger partial charge in [-0.2, -0.15) is 0 Å². The average Bonchev–Trinajstić information content (AvgIpc) is 3.74. The van der Waals surface area contributed by atoms with Crippen molar-refractivity contribution in [2.75, 3.05) is 26.2 Å². The van der Waals surface area contributed by atoms with Crippen molar-refractivity contribution in [3.05, 3.63) is 72.9 Å². The molecule has 3 aliphatic rings. The van der Waals surface area contributed by atoms with E-state index < -0.39 is 0 Å². The third-order valence-electron chi connectivity index (χ3n) is 10.2. The van der Waals surface area contributed by atoms with E-state index in [0.717, 1.165) is 22.8 Å². The number of rotatable bonds is 10. The first kappa shape index (κ1) is 38.8. The molecule has 0 amide bonds. The minimum absolute atomic E-state index is 0.314. The third-order valence-corrected chi connectivity index (χ3v) is 10.2. The Morgan fingerprint density at radius 3 is 1.46 bits per heavy atom. The summed E-state index contributed by atoms with van der Waals surface area (Å²) in [5.74, 6) is 1.80. The highest BCUT2D eigenvalue weighted by Gasteiger charge is 2.37. The first-order valence-corrected chi connectivity index (χ1v) is 19.5. The second-order valence-corrected chi connectivity index (χ2v) is 15.2. The molecule has 2 unspecified atom stereocenters.